The lowest BCUT2D eigenvalue weighted by Crippen LogP contribution is -2.26. The van der Waals surface area contributed by atoms with Gasteiger partial charge in [-0.1, -0.05) is 28.1 Å². The largest absolute Gasteiger partial charge is 0.376 e. The molecule has 0 aliphatic rings. The van der Waals surface area contributed by atoms with E-state index in [1.807, 2.05) is 43.3 Å². The predicted molar refractivity (Wildman–Crippen MR) is 102 cm³/mol. The van der Waals surface area contributed by atoms with Crippen LogP contribution in [0.25, 0.3) is 0 Å². The van der Waals surface area contributed by atoms with Gasteiger partial charge in [-0.25, -0.2) is 5.43 Å². The van der Waals surface area contributed by atoms with Gasteiger partial charge in [-0.3, -0.25) is 4.79 Å². The number of halogens is 2. The molecule has 0 aliphatic heterocycles. The molecule has 114 valence electrons. The Hall–Kier alpha value is -1.41. The maximum absolute atomic E-state index is 11.7. The number of carbonyl (C=O) groups is 1. The summed E-state index contributed by atoms with van der Waals surface area (Å²) in [6.45, 7) is 2.19. The van der Waals surface area contributed by atoms with E-state index in [1.165, 1.54) is 3.57 Å². The van der Waals surface area contributed by atoms with Crippen LogP contribution >= 0.6 is 38.5 Å². The molecule has 0 aromatic heterocycles. The first-order valence-electron chi connectivity index (χ1n) is 6.62. The van der Waals surface area contributed by atoms with Crippen molar-refractivity contribution in [2.75, 3.05) is 11.9 Å². The zero-order valence-corrected chi connectivity index (χ0v) is 15.7. The highest BCUT2D eigenvalue weighted by molar-refractivity contribution is 14.1. The van der Waals surface area contributed by atoms with Gasteiger partial charge in [0.05, 0.1) is 12.8 Å². The fraction of sp³-hybridized carbons (Fsp3) is 0.125. The third-order valence-corrected chi connectivity index (χ3v) is 4.10. The van der Waals surface area contributed by atoms with Crippen LogP contribution in [-0.4, -0.2) is 18.7 Å². The number of nitrogens with one attached hydrogen (secondary N) is 2. The van der Waals surface area contributed by atoms with Crippen LogP contribution in [0.4, 0.5) is 5.69 Å². The Morgan fingerprint density at radius 3 is 2.68 bits per heavy atom. The molecular formula is C16H15BrIN3O. The fourth-order valence-electron chi connectivity index (χ4n) is 1.77. The molecule has 0 saturated heterocycles. The van der Waals surface area contributed by atoms with Gasteiger partial charge in [0.1, 0.15) is 0 Å². The summed E-state index contributed by atoms with van der Waals surface area (Å²) >= 11 is 5.63. The van der Waals surface area contributed by atoms with Gasteiger partial charge in [0.15, 0.2) is 0 Å². The Labute approximate surface area is 151 Å². The normalized spacial score (nSPS) is 10.7. The van der Waals surface area contributed by atoms with Crippen molar-refractivity contribution < 1.29 is 4.79 Å². The molecule has 2 N–H and O–H groups in total. The number of anilines is 1. The van der Waals surface area contributed by atoms with Crippen LogP contribution < -0.4 is 10.7 Å². The summed E-state index contributed by atoms with van der Waals surface area (Å²) in [5.41, 5.74) is 5.48. The Balaban J connectivity index is 1.81. The first kappa shape index (κ1) is 17.0. The van der Waals surface area contributed by atoms with Gasteiger partial charge >= 0.3 is 0 Å². The van der Waals surface area contributed by atoms with Gasteiger partial charge in [0.25, 0.3) is 5.91 Å². The lowest BCUT2D eigenvalue weighted by molar-refractivity contribution is -0.119. The number of amides is 1. The molecule has 2 aromatic carbocycles. The molecule has 2 rings (SSSR count). The van der Waals surface area contributed by atoms with Crippen molar-refractivity contribution in [3.05, 3.63) is 61.6 Å². The lowest BCUT2D eigenvalue weighted by atomic mass is 10.2. The van der Waals surface area contributed by atoms with Crippen LogP contribution in [0.15, 0.2) is 52.0 Å². The van der Waals surface area contributed by atoms with E-state index >= 15 is 0 Å². The molecule has 0 radical (unpaired) electrons. The predicted octanol–water partition coefficient (Wildman–Crippen LogP) is 3.92. The van der Waals surface area contributed by atoms with Crippen molar-refractivity contribution in [1.82, 2.24) is 5.43 Å². The third kappa shape index (κ3) is 5.42. The number of hydrogen-bond acceptors (Lipinski definition) is 3. The van der Waals surface area contributed by atoms with Crippen LogP contribution in [-0.2, 0) is 4.79 Å². The van der Waals surface area contributed by atoms with E-state index in [4.69, 9.17) is 0 Å². The summed E-state index contributed by atoms with van der Waals surface area (Å²) in [4.78, 5) is 11.7. The second-order valence-electron chi connectivity index (χ2n) is 4.66. The molecule has 2 aromatic rings. The standard InChI is InChI=1S/C16H15BrIN3O/c1-11-8-14(18)6-7-15(11)19-10-16(22)21-20-9-12-2-4-13(17)5-3-12/h2-9,19H,10H2,1H3,(H,21,22)/b20-9+. The number of carbonyl (C=O) groups excluding carboxylic acids is 1. The minimum absolute atomic E-state index is 0.180. The zero-order valence-electron chi connectivity index (χ0n) is 11.9. The van der Waals surface area contributed by atoms with Crippen molar-refractivity contribution in [2.45, 2.75) is 6.92 Å². The van der Waals surface area contributed by atoms with E-state index in [0.717, 1.165) is 21.3 Å². The number of nitrogens with zero attached hydrogens (tertiary/aromatic N) is 1. The SMILES string of the molecule is Cc1cc(I)ccc1NCC(=O)N/N=C/c1ccc(Br)cc1. The number of aryl methyl sites for hydroxylation is 1. The van der Waals surface area contributed by atoms with Gasteiger partial charge in [-0.05, 0) is 71.0 Å². The van der Waals surface area contributed by atoms with Crippen LogP contribution in [0.3, 0.4) is 0 Å². The molecule has 1 amide bonds. The maximum Gasteiger partial charge on any atom is 0.259 e. The van der Waals surface area contributed by atoms with Gasteiger partial charge in [0.2, 0.25) is 0 Å². The van der Waals surface area contributed by atoms with E-state index in [2.05, 4.69) is 60.4 Å². The highest BCUT2D eigenvalue weighted by atomic mass is 127. The highest BCUT2D eigenvalue weighted by Gasteiger charge is 2.02. The summed E-state index contributed by atoms with van der Waals surface area (Å²) in [6, 6.07) is 13.7. The molecule has 0 saturated carbocycles. The smallest absolute Gasteiger partial charge is 0.259 e. The van der Waals surface area contributed by atoms with Crippen LogP contribution in [0.5, 0.6) is 0 Å². The first-order valence-corrected chi connectivity index (χ1v) is 8.49. The van der Waals surface area contributed by atoms with E-state index in [9.17, 15) is 4.79 Å². The molecule has 6 heteroatoms. The topological polar surface area (TPSA) is 53.5 Å². The Bertz CT molecular complexity index is 686. The van der Waals surface area contributed by atoms with Gasteiger partial charge in [-0.2, -0.15) is 5.10 Å². The van der Waals surface area contributed by atoms with Crippen molar-refractivity contribution in [3.8, 4) is 0 Å². The Morgan fingerprint density at radius 2 is 2.00 bits per heavy atom. The van der Waals surface area contributed by atoms with E-state index in [0.29, 0.717) is 0 Å². The number of hydrogen-bond donors (Lipinski definition) is 2. The van der Waals surface area contributed by atoms with Crippen molar-refractivity contribution in [2.24, 2.45) is 5.10 Å². The van der Waals surface area contributed by atoms with Crippen molar-refractivity contribution in [3.63, 3.8) is 0 Å². The molecule has 0 fully saturated rings. The van der Waals surface area contributed by atoms with Crippen molar-refractivity contribution in [1.29, 1.82) is 0 Å². The maximum atomic E-state index is 11.7. The highest BCUT2D eigenvalue weighted by Crippen LogP contribution is 2.17. The van der Waals surface area contributed by atoms with Crippen LogP contribution in [0, 0.1) is 10.5 Å². The molecule has 0 unspecified atom stereocenters. The molecule has 0 atom stereocenters. The van der Waals surface area contributed by atoms with Gasteiger partial charge < -0.3 is 5.32 Å². The van der Waals surface area contributed by atoms with Crippen LogP contribution in [0.2, 0.25) is 0 Å². The minimum Gasteiger partial charge on any atom is -0.376 e. The average molecular weight is 472 g/mol. The number of rotatable bonds is 5. The second-order valence-corrected chi connectivity index (χ2v) is 6.82. The molecular weight excluding hydrogens is 457 g/mol. The molecule has 0 spiro atoms. The zero-order chi connectivity index (χ0) is 15.9. The summed E-state index contributed by atoms with van der Waals surface area (Å²) in [6.07, 6.45) is 1.61. The molecule has 22 heavy (non-hydrogen) atoms. The molecule has 0 aliphatic carbocycles. The van der Waals surface area contributed by atoms with E-state index < -0.39 is 0 Å². The number of hydrazone groups is 1. The molecule has 0 heterocycles. The van der Waals surface area contributed by atoms with Crippen LogP contribution in [0.1, 0.15) is 11.1 Å². The summed E-state index contributed by atoms with van der Waals surface area (Å²) < 4.78 is 2.18. The van der Waals surface area contributed by atoms with Gasteiger partial charge in [-0.15, -0.1) is 0 Å². The van der Waals surface area contributed by atoms with E-state index in [-0.39, 0.29) is 12.5 Å². The number of benzene rings is 2. The minimum atomic E-state index is -0.189. The average Bonchev–Trinajstić information content (AvgIpc) is 2.48. The lowest BCUT2D eigenvalue weighted by Gasteiger charge is -2.08. The van der Waals surface area contributed by atoms with E-state index in [1.54, 1.807) is 6.21 Å². The summed E-state index contributed by atoms with van der Waals surface area (Å²) in [7, 11) is 0. The monoisotopic (exact) mass is 471 g/mol. The third-order valence-electron chi connectivity index (χ3n) is 2.90. The second kappa shape index (κ2) is 8.28. The summed E-state index contributed by atoms with van der Waals surface area (Å²) in [5.74, 6) is -0.189. The Kier molecular flexibility index (Phi) is 6.38. The quantitative estimate of drug-likeness (QED) is 0.394. The molecule has 0 bridgehead atoms. The summed E-state index contributed by atoms with van der Waals surface area (Å²) in [5, 5.41) is 7.04. The Morgan fingerprint density at radius 1 is 1.27 bits per heavy atom. The van der Waals surface area contributed by atoms with Gasteiger partial charge in [0, 0.05) is 13.7 Å². The first-order chi connectivity index (χ1) is 10.5. The van der Waals surface area contributed by atoms with Crippen molar-refractivity contribution >= 4 is 56.3 Å². The molecule has 4 nitrogen and oxygen atoms in total. The fourth-order valence-corrected chi connectivity index (χ4v) is 2.68.